The van der Waals surface area contributed by atoms with E-state index in [2.05, 4.69) is 21.2 Å². The molecule has 0 bridgehead atoms. The maximum atomic E-state index is 13.0. The van der Waals surface area contributed by atoms with E-state index in [0.717, 1.165) is 10.9 Å². The molecule has 2 rings (SSSR count). The molecule has 0 spiro atoms. The lowest BCUT2D eigenvalue weighted by Gasteiger charge is -2.19. The first kappa shape index (κ1) is 15.7. The van der Waals surface area contributed by atoms with Crippen LogP contribution in [0.15, 0.2) is 34.8 Å². The predicted octanol–water partition coefficient (Wildman–Crippen LogP) is 6.36. The summed E-state index contributed by atoms with van der Waals surface area (Å²) in [6.07, 6.45) is -4.39. The number of halogens is 5. The number of hydrogen-bond acceptors (Lipinski definition) is 2. The van der Waals surface area contributed by atoms with Gasteiger partial charge in [-0.3, -0.25) is 0 Å². The van der Waals surface area contributed by atoms with Crippen LogP contribution in [0.5, 0.6) is 0 Å². The lowest BCUT2D eigenvalue weighted by Crippen LogP contribution is -2.13. The quantitative estimate of drug-likeness (QED) is 0.649. The number of alkyl halides is 3. The zero-order valence-electron chi connectivity index (χ0n) is 10.3. The molecule has 1 N–H and O–H groups in total. The van der Waals surface area contributed by atoms with E-state index in [1.807, 2.05) is 0 Å². The molecule has 0 aliphatic rings. The molecule has 1 aromatic heterocycles. The van der Waals surface area contributed by atoms with E-state index in [1.54, 1.807) is 19.1 Å². The van der Waals surface area contributed by atoms with Crippen LogP contribution in [-0.2, 0) is 6.18 Å². The van der Waals surface area contributed by atoms with Crippen molar-refractivity contribution in [3.8, 4) is 0 Å². The van der Waals surface area contributed by atoms with Gasteiger partial charge in [0.1, 0.15) is 0 Å². The van der Waals surface area contributed by atoms with Crippen molar-refractivity contribution in [1.29, 1.82) is 0 Å². The Morgan fingerprint density at radius 3 is 2.50 bits per heavy atom. The zero-order chi connectivity index (χ0) is 14.9. The minimum absolute atomic E-state index is 0.0453. The molecule has 1 heterocycles. The topological polar surface area (TPSA) is 12.0 Å². The normalized spacial score (nSPS) is 13.3. The molecule has 0 fully saturated rings. The van der Waals surface area contributed by atoms with Crippen LogP contribution < -0.4 is 5.32 Å². The summed E-state index contributed by atoms with van der Waals surface area (Å²) in [6, 6.07) is 7.12. The molecule has 108 valence electrons. The summed E-state index contributed by atoms with van der Waals surface area (Å²) in [7, 11) is 0. The summed E-state index contributed by atoms with van der Waals surface area (Å²) in [5, 5.41) is 2.89. The molecule has 0 saturated heterocycles. The predicted molar refractivity (Wildman–Crippen MR) is 80.5 cm³/mol. The molecule has 1 nitrogen and oxygen atoms in total. The fourth-order valence-electron chi connectivity index (χ4n) is 1.75. The van der Waals surface area contributed by atoms with Gasteiger partial charge >= 0.3 is 6.18 Å². The zero-order valence-corrected chi connectivity index (χ0v) is 13.4. The number of benzene rings is 1. The third-order valence-corrected chi connectivity index (χ3v) is 4.59. The van der Waals surface area contributed by atoms with E-state index in [1.165, 1.54) is 23.5 Å². The number of anilines is 1. The SMILES string of the molecule is CC(Nc1cc(Br)ccc1C(F)(F)F)c1ccc(Cl)s1. The lowest BCUT2D eigenvalue weighted by molar-refractivity contribution is -0.137. The monoisotopic (exact) mass is 383 g/mol. The van der Waals surface area contributed by atoms with E-state index in [0.29, 0.717) is 8.81 Å². The molecular formula is C13H10BrClF3NS. The molecule has 7 heteroatoms. The summed E-state index contributed by atoms with van der Waals surface area (Å²) in [4.78, 5) is 0.878. The molecule has 1 aromatic carbocycles. The van der Waals surface area contributed by atoms with E-state index in [4.69, 9.17) is 11.6 Å². The van der Waals surface area contributed by atoms with Gasteiger partial charge in [-0.05, 0) is 37.3 Å². The Balaban J connectivity index is 2.30. The first-order valence-corrected chi connectivity index (χ1v) is 7.64. The van der Waals surface area contributed by atoms with Gasteiger partial charge in [0.2, 0.25) is 0 Å². The van der Waals surface area contributed by atoms with Crippen LogP contribution in [0.2, 0.25) is 4.34 Å². The van der Waals surface area contributed by atoms with Crippen LogP contribution in [0.4, 0.5) is 18.9 Å². The van der Waals surface area contributed by atoms with Gasteiger partial charge in [0.05, 0.1) is 15.9 Å². The van der Waals surface area contributed by atoms with Crippen LogP contribution in [-0.4, -0.2) is 0 Å². The molecule has 0 radical (unpaired) electrons. The second-order valence-electron chi connectivity index (χ2n) is 4.20. The molecule has 2 aromatic rings. The average Bonchev–Trinajstić information content (AvgIpc) is 2.74. The Labute approximate surface area is 131 Å². The molecule has 0 amide bonds. The molecule has 0 aliphatic carbocycles. The second kappa shape index (κ2) is 5.95. The molecule has 0 saturated carbocycles. The smallest absolute Gasteiger partial charge is 0.377 e. The van der Waals surface area contributed by atoms with Crippen molar-refractivity contribution in [3.05, 3.63) is 49.6 Å². The van der Waals surface area contributed by atoms with Crippen molar-refractivity contribution in [2.24, 2.45) is 0 Å². The Hall–Kier alpha value is -0.720. The van der Waals surface area contributed by atoms with Gasteiger partial charge in [-0.2, -0.15) is 13.2 Å². The van der Waals surface area contributed by atoms with E-state index in [-0.39, 0.29) is 11.7 Å². The van der Waals surface area contributed by atoms with Crippen LogP contribution in [0, 0.1) is 0 Å². The van der Waals surface area contributed by atoms with E-state index in [9.17, 15) is 13.2 Å². The highest BCUT2D eigenvalue weighted by molar-refractivity contribution is 9.10. The van der Waals surface area contributed by atoms with Crippen molar-refractivity contribution in [2.45, 2.75) is 19.1 Å². The van der Waals surface area contributed by atoms with Crippen LogP contribution in [0.1, 0.15) is 23.4 Å². The van der Waals surface area contributed by atoms with Crippen molar-refractivity contribution >= 4 is 44.6 Å². The average molecular weight is 385 g/mol. The second-order valence-corrected chi connectivity index (χ2v) is 6.86. The molecule has 1 atom stereocenters. The Morgan fingerprint density at radius 2 is 1.95 bits per heavy atom. The van der Waals surface area contributed by atoms with Crippen molar-refractivity contribution < 1.29 is 13.2 Å². The lowest BCUT2D eigenvalue weighted by atomic mass is 10.1. The van der Waals surface area contributed by atoms with Crippen LogP contribution in [0.3, 0.4) is 0 Å². The number of thiophene rings is 1. The summed E-state index contributed by atoms with van der Waals surface area (Å²) in [5.74, 6) is 0. The van der Waals surface area contributed by atoms with E-state index < -0.39 is 11.7 Å². The van der Waals surface area contributed by atoms with Gasteiger partial charge in [-0.1, -0.05) is 27.5 Å². The third-order valence-electron chi connectivity index (χ3n) is 2.68. The van der Waals surface area contributed by atoms with Crippen LogP contribution >= 0.6 is 38.9 Å². The minimum atomic E-state index is -4.39. The first-order chi connectivity index (χ1) is 9.27. The standard InChI is InChI=1S/C13H10BrClF3NS/c1-7(11-4-5-12(15)20-11)19-10-6-8(14)2-3-9(10)13(16,17)18/h2-7,19H,1H3. The maximum Gasteiger partial charge on any atom is 0.418 e. The Bertz CT molecular complexity index is 612. The molecule has 20 heavy (non-hydrogen) atoms. The summed E-state index contributed by atoms with van der Waals surface area (Å²) >= 11 is 10.4. The van der Waals surface area contributed by atoms with E-state index >= 15 is 0 Å². The Kier molecular flexibility index (Phi) is 4.66. The molecular weight excluding hydrogens is 375 g/mol. The van der Waals surface area contributed by atoms with Gasteiger partial charge in [-0.25, -0.2) is 0 Å². The fourth-order valence-corrected chi connectivity index (χ4v) is 3.17. The van der Waals surface area contributed by atoms with Gasteiger partial charge in [0.15, 0.2) is 0 Å². The van der Waals surface area contributed by atoms with Crippen molar-refractivity contribution in [2.75, 3.05) is 5.32 Å². The van der Waals surface area contributed by atoms with Gasteiger partial charge < -0.3 is 5.32 Å². The number of hydrogen-bond donors (Lipinski definition) is 1. The largest absolute Gasteiger partial charge is 0.418 e. The fraction of sp³-hybridized carbons (Fsp3) is 0.231. The Morgan fingerprint density at radius 1 is 1.25 bits per heavy atom. The summed E-state index contributed by atoms with van der Waals surface area (Å²) in [6.45, 7) is 1.79. The van der Waals surface area contributed by atoms with Crippen molar-refractivity contribution in [1.82, 2.24) is 0 Å². The van der Waals surface area contributed by atoms with Crippen LogP contribution in [0.25, 0.3) is 0 Å². The van der Waals surface area contributed by atoms with Gasteiger partial charge in [0.25, 0.3) is 0 Å². The summed E-state index contributed by atoms with van der Waals surface area (Å²) in [5.41, 5.74) is -0.640. The highest BCUT2D eigenvalue weighted by Crippen LogP contribution is 2.38. The molecule has 1 unspecified atom stereocenters. The van der Waals surface area contributed by atoms with Gasteiger partial charge in [-0.15, -0.1) is 11.3 Å². The highest BCUT2D eigenvalue weighted by Gasteiger charge is 2.33. The first-order valence-electron chi connectivity index (χ1n) is 5.66. The number of rotatable bonds is 3. The molecule has 0 aliphatic heterocycles. The number of nitrogens with one attached hydrogen (secondary N) is 1. The minimum Gasteiger partial charge on any atom is -0.377 e. The van der Waals surface area contributed by atoms with Crippen molar-refractivity contribution in [3.63, 3.8) is 0 Å². The highest BCUT2D eigenvalue weighted by atomic mass is 79.9. The third kappa shape index (κ3) is 3.68. The van der Waals surface area contributed by atoms with Gasteiger partial charge in [0, 0.05) is 15.0 Å². The maximum absolute atomic E-state index is 13.0. The summed E-state index contributed by atoms with van der Waals surface area (Å²) < 4.78 is 40.1.